The minimum absolute atomic E-state index is 0.228. The number of nitrogens with one attached hydrogen (secondary N) is 1. The zero-order valence-corrected chi connectivity index (χ0v) is 11.9. The first kappa shape index (κ1) is 14.9. The number of carbonyl (C=O) groups is 2. The molecule has 0 heterocycles. The second kappa shape index (κ2) is 6.31. The highest BCUT2D eigenvalue weighted by molar-refractivity contribution is 5.92. The van der Waals surface area contributed by atoms with E-state index in [4.69, 9.17) is 11.5 Å². The number of hydrogen-bond acceptors (Lipinski definition) is 2. The highest BCUT2D eigenvalue weighted by Crippen LogP contribution is 2.29. The fourth-order valence-corrected chi connectivity index (χ4v) is 2.13. The maximum Gasteiger partial charge on any atom is 0.335 e. The lowest BCUT2D eigenvalue weighted by atomic mass is 10.1. The summed E-state index contributed by atoms with van der Waals surface area (Å²) in [7, 11) is 0. The van der Waals surface area contributed by atoms with Crippen LogP contribution in [0.3, 0.4) is 0 Å². The summed E-state index contributed by atoms with van der Waals surface area (Å²) in [6, 6.07) is 4.47. The van der Waals surface area contributed by atoms with E-state index in [0.29, 0.717) is 23.7 Å². The molecule has 110 valence electrons. The average molecular weight is 286 g/mol. The third-order valence-corrected chi connectivity index (χ3v) is 3.45. The van der Waals surface area contributed by atoms with Gasteiger partial charge in [0.15, 0.2) is 0 Å². The molecule has 0 spiro atoms. The van der Waals surface area contributed by atoms with Gasteiger partial charge in [-0.2, -0.15) is 0 Å². The molecule has 0 atom stereocenters. The molecule has 0 aromatic heterocycles. The fourth-order valence-electron chi connectivity index (χ4n) is 2.13. The van der Waals surface area contributed by atoms with Gasteiger partial charge in [-0.25, -0.2) is 9.59 Å². The predicted molar refractivity (Wildman–Crippen MR) is 80.3 cm³/mol. The van der Waals surface area contributed by atoms with Crippen molar-refractivity contribution >= 4 is 17.7 Å². The summed E-state index contributed by atoms with van der Waals surface area (Å²) < 4.78 is 0. The van der Waals surface area contributed by atoms with Gasteiger partial charge in [0.05, 0.1) is 12.1 Å². The number of benzene rings is 1. The molecule has 1 saturated carbocycles. The third kappa shape index (κ3) is 3.99. The van der Waals surface area contributed by atoms with Crippen LogP contribution in [0.4, 0.5) is 10.5 Å². The van der Waals surface area contributed by atoms with Gasteiger partial charge in [-0.3, -0.25) is 0 Å². The molecule has 2 N–H and O–H groups in total. The van der Waals surface area contributed by atoms with Gasteiger partial charge in [-0.05, 0) is 49.4 Å². The summed E-state index contributed by atoms with van der Waals surface area (Å²) in [5.74, 6) is 2.07. The first-order chi connectivity index (χ1) is 10.0. The van der Waals surface area contributed by atoms with Crippen LogP contribution in [0.2, 0.25) is 0 Å². The van der Waals surface area contributed by atoms with Crippen molar-refractivity contribution in [1.29, 1.82) is 0 Å². The van der Waals surface area contributed by atoms with Crippen LogP contribution in [0.1, 0.15) is 28.8 Å². The number of terminal acetylenes is 1. The molecule has 0 aliphatic heterocycles. The number of nitrogens with zero attached hydrogens (tertiary/aromatic N) is 1. The number of aromatic carboxylic acids is 1. The van der Waals surface area contributed by atoms with E-state index in [-0.39, 0.29) is 18.1 Å². The number of carboxylic acids is 1. The first-order valence-corrected chi connectivity index (χ1v) is 6.84. The van der Waals surface area contributed by atoms with Crippen LogP contribution < -0.4 is 5.32 Å². The minimum Gasteiger partial charge on any atom is -0.478 e. The Labute approximate surface area is 124 Å². The number of rotatable bonds is 5. The van der Waals surface area contributed by atoms with Crippen molar-refractivity contribution in [2.45, 2.75) is 19.8 Å². The monoisotopic (exact) mass is 286 g/mol. The summed E-state index contributed by atoms with van der Waals surface area (Å²) >= 11 is 0. The standard InChI is InChI=1S/C16H18N2O3/c1-3-8-18(10-12-4-5-12)16(21)17-13-6-7-14(15(19)20)11(2)9-13/h1,6-7,9,12H,4-5,8,10H2,2H3,(H,17,21)(H,19,20). The van der Waals surface area contributed by atoms with Gasteiger partial charge < -0.3 is 15.3 Å². The Bertz CT molecular complexity index is 600. The van der Waals surface area contributed by atoms with E-state index in [2.05, 4.69) is 11.2 Å². The Balaban J connectivity index is 2.05. The Hall–Kier alpha value is -2.48. The zero-order chi connectivity index (χ0) is 15.4. The number of amides is 2. The highest BCUT2D eigenvalue weighted by Gasteiger charge is 2.26. The number of carboxylic acid groups (broad SMARTS) is 1. The maximum absolute atomic E-state index is 12.2. The molecule has 1 aliphatic rings. The van der Waals surface area contributed by atoms with Gasteiger partial charge in [0.2, 0.25) is 0 Å². The van der Waals surface area contributed by atoms with Gasteiger partial charge in [-0.1, -0.05) is 5.92 Å². The predicted octanol–water partition coefficient (Wildman–Crippen LogP) is 2.57. The summed E-state index contributed by atoms with van der Waals surface area (Å²) in [5, 5.41) is 11.8. The smallest absolute Gasteiger partial charge is 0.335 e. The lowest BCUT2D eigenvalue weighted by molar-refractivity contribution is 0.0696. The van der Waals surface area contributed by atoms with Crippen molar-refractivity contribution < 1.29 is 14.7 Å². The molecular weight excluding hydrogens is 268 g/mol. The second-order valence-electron chi connectivity index (χ2n) is 5.29. The van der Waals surface area contributed by atoms with E-state index < -0.39 is 5.97 Å². The van der Waals surface area contributed by atoms with Crippen LogP contribution in [0.5, 0.6) is 0 Å². The molecule has 2 rings (SSSR count). The van der Waals surface area contributed by atoms with Crippen LogP contribution in [-0.4, -0.2) is 35.1 Å². The normalized spacial score (nSPS) is 13.3. The van der Waals surface area contributed by atoms with Gasteiger partial charge in [0.1, 0.15) is 0 Å². The molecule has 0 saturated heterocycles. The van der Waals surface area contributed by atoms with Crippen LogP contribution in [0, 0.1) is 25.2 Å². The summed E-state index contributed by atoms with van der Waals surface area (Å²) in [6.07, 6.45) is 7.58. The number of anilines is 1. The maximum atomic E-state index is 12.2. The van der Waals surface area contributed by atoms with Gasteiger partial charge in [0, 0.05) is 12.2 Å². The minimum atomic E-state index is -0.979. The average Bonchev–Trinajstić information content (AvgIpc) is 3.21. The van der Waals surface area contributed by atoms with Crippen LogP contribution in [-0.2, 0) is 0 Å². The topological polar surface area (TPSA) is 69.6 Å². The van der Waals surface area contributed by atoms with E-state index in [9.17, 15) is 9.59 Å². The van der Waals surface area contributed by atoms with Gasteiger partial charge >= 0.3 is 12.0 Å². The summed E-state index contributed by atoms with van der Waals surface area (Å²) in [4.78, 5) is 24.8. The Morgan fingerprint density at radius 3 is 2.71 bits per heavy atom. The zero-order valence-electron chi connectivity index (χ0n) is 11.9. The van der Waals surface area contributed by atoms with E-state index in [1.54, 1.807) is 24.0 Å². The summed E-state index contributed by atoms with van der Waals surface area (Å²) in [5.41, 5.74) is 1.40. The van der Waals surface area contributed by atoms with E-state index in [1.807, 2.05) is 0 Å². The van der Waals surface area contributed by atoms with Crippen LogP contribution in [0.25, 0.3) is 0 Å². The molecule has 5 nitrogen and oxygen atoms in total. The molecule has 1 aliphatic carbocycles. The number of urea groups is 1. The number of hydrogen-bond donors (Lipinski definition) is 2. The lowest BCUT2D eigenvalue weighted by Gasteiger charge is -2.20. The Kier molecular flexibility index (Phi) is 4.49. The SMILES string of the molecule is C#CCN(CC1CC1)C(=O)Nc1ccc(C(=O)O)c(C)c1. The van der Waals surface area contributed by atoms with Crippen molar-refractivity contribution in [3.05, 3.63) is 29.3 Å². The molecule has 21 heavy (non-hydrogen) atoms. The van der Waals surface area contributed by atoms with Crippen molar-refractivity contribution in [2.75, 3.05) is 18.4 Å². The number of aryl methyl sites for hydroxylation is 1. The Morgan fingerprint density at radius 2 is 2.19 bits per heavy atom. The largest absolute Gasteiger partial charge is 0.478 e. The second-order valence-corrected chi connectivity index (χ2v) is 5.29. The highest BCUT2D eigenvalue weighted by atomic mass is 16.4. The molecule has 0 bridgehead atoms. The van der Waals surface area contributed by atoms with E-state index >= 15 is 0 Å². The molecule has 1 fully saturated rings. The molecule has 0 unspecified atom stereocenters. The lowest BCUT2D eigenvalue weighted by Crippen LogP contribution is -2.36. The van der Waals surface area contributed by atoms with Crippen molar-refractivity contribution in [3.63, 3.8) is 0 Å². The number of carbonyl (C=O) groups excluding carboxylic acids is 1. The van der Waals surface area contributed by atoms with Crippen LogP contribution in [0.15, 0.2) is 18.2 Å². The van der Waals surface area contributed by atoms with E-state index in [1.165, 1.54) is 6.07 Å². The van der Waals surface area contributed by atoms with Crippen molar-refractivity contribution in [1.82, 2.24) is 4.90 Å². The molecule has 0 radical (unpaired) electrons. The fraction of sp³-hybridized carbons (Fsp3) is 0.375. The van der Waals surface area contributed by atoms with Gasteiger partial charge in [0.25, 0.3) is 0 Å². The molecule has 2 amide bonds. The molecular formula is C16H18N2O3. The van der Waals surface area contributed by atoms with Crippen LogP contribution >= 0.6 is 0 Å². The van der Waals surface area contributed by atoms with Crippen molar-refractivity contribution in [3.8, 4) is 12.3 Å². The quantitative estimate of drug-likeness (QED) is 0.817. The van der Waals surface area contributed by atoms with Gasteiger partial charge in [-0.15, -0.1) is 6.42 Å². The molecule has 5 heteroatoms. The summed E-state index contributed by atoms with van der Waals surface area (Å²) in [6.45, 7) is 2.64. The third-order valence-electron chi connectivity index (χ3n) is 3.45. The van der Waals surface area contributed by atoms with E-state index in [0.717, 1.165) is 12.8 Å². The Morgan fingerprint density at radius 1 is 1.48 bits per heavy atom. The first-order valence-electron chi connectivity index (χ1n) is 6.84. The molecule has 1 aromatic rings. The molecule has 1 aromatic carbocycles. The van der Waals surface area contributed by atoms with Crippen molar-refractivity contribution in [2.24, 2.45) is 5.92 Å².